The summed E-state index contributed by atoms with van der Waals surface area (Å²) in [6.45, 7) is 3.86. The Morgan fingerprint density at radius 2 is 1.04 bits per heavy atom. The van der Waals surface area contributed by atoms with Gasteiger partial charge in [0, 0.05) is 0 Å². The van der Waals surface area contributed by atoms with Gasteiger partial charge < -0.3 is 29.9 Å². The van der Waals surface area contributed by atoms with E-state index in [1.54, 1.807) is 0 Å². The van der Waals surface area contributed by atoms with Crippen molar-refractivity contribution >= 4 is 11.9 Å². The fraction of sp³-hybridized carbons (Fsp3) is 0.889. The average Bonchev–Trinajstić information content (AvgIpc) is 2.61. The molecule has 0 aromatic carbocycles. The summed E-state index contributed by atoms with van der Waals surface area (Å²) in [5.74, 6) is -2.23. The number of ether oxygens (including phenoxy) is 2. The van der Waals surface area contributed by atoms with Gasteiger partial charge in [-0.2, -0.15) is 0 Å². The molecule has 4 unspecified atom stereocenters. The highest BCUT2D eigenvalue weighted by Gasteiger charge is 2.32. The largest absolute Gasteiger partial charge is 0.464 e. The molecule has 0 aliphatic carbocycles. The lowest BCUT2D eigenvalue weighted by Gasteiger charge is -2.16. The van der Waals surface area contributed by atoms with E-state index in [9.17, 15) is 30.0 Å². The van der Waals surface area contributed by atoms with Crippen molar-refractivity contribution in [2.45, 2.75) is 89.6 Å². The highest BCUT2D eigenvalue weighted by molar-refractivity contribution is 5.85. The van der Waals surface area contributed by atoms with Gasteiger partial charge in [0.2, 0.25) is 0 Å². The zero-order valence-corrected chi connectivity index (χ0v) is 15.8. The predicted octanol–water partition coefficient (Wildman–Crippen LogP) is 0.677. The lowest BCUT2D eigenvalue weighted by Crippen LogP contribution is -2.41. The Morgan fingerprint density at radius 3 is 1.35 bits per heavy atom. The van der Waals surface area contributed by atoms with Crippen LogP contribution in [0.1, 0.15) is 65.2 Å². The van der Waals surface area contributed by atoms with Crippen molar-refractivity contribution in [1.82, 2.24) is 0 Å². The second kappa shape index (κ2) is 14.9. The molecule has 154 valence electrons. The predicted molar refractivity (Wildman–Crippen MR) is 94.2 cm³/mol. The van der Waals surface area contributed by atoms with Crippen LogP contribution in [0.2, 0.25) is 0 Å². The molecule has 0 saturated heterocycles. The summed E-state index contributed by atoms with van der Waals surface area (Å²) in [5, 5.41) is 38.4. The maximum atomic E-state index is 11.6. The van der Waals surface area contributed by atoms with Gasteiger partial charge in [-0.1, -0.05) is 26.7 Å². The Morgan fingerprint density at radius 1 is 0.692 bits per heavy atom. The third kappa shape index (κ3) is 11.4. The molecular formula is C18H34O8. The first kappa shape index (κ1) is 24.8. The maximum Gasteiger partial charge on any atom is 0.338 e. The number of hydrogen-bond donors (Lipinski definition) is 4. The third-order valence-corrected chi connectivity index (χ3v) is 3.88. The summed E-state index contributed by atoms with van der Waals surface area (Å²) in [6, 6.07) is 0. The van der Waals surface area contributed by atoms with Gasteiger partial charge in [-0.05, 0) is 38.5 Å². The van der Waals surface area contributed by atoms with Gasteiger partial charge in [-0.15, -0.1) is 0 Å². The number of hydrogen-bond acceptors (Lipinski definition) is 8. The molecule has 8 nitrogen and oxygen atoms in total. The van der Waals surface area contributed by atoms with Crippen LogP contribution in [0.4, 0.5) is 0 Å². The van der Waals surface area contributed by atoms with Crippen molar-refractivity contribution < 1.29 is 39.5 Å². The normalized spacial score (nSPS) is 15.8. The standard InChI is InChI=1S/C18H34O8/c1-3-7-13(19)9-5-11-25-17(23)15(21)16(22)18(24)26-12-6-10-14(20)8-4-2/h13-16,19-22H,3-12H2,1-2H3. The van der Waals surface area contributed by atoms with E-state index in [0.717, 1.165) is 12.8 Å². The highest BCUT2D eigenvalue weighted by atomic mass is 16.6. The van der Waals surface area contributed by atoms with E-state index >= 15 is 0 Å². The average molecular weight is 378 g/mol. The fourth-order valence-electron chi connectivity index (χ4n) is 2.37. The summed E-state index contributed by atoms with van der Waals surface area (Å²) in [5.41, 5.74) is 0. The number of esters is 2. The van der Waals surface area contributed by atoms with Gasteiger partial charge in [0.1, 0.15) is 0 Å². The number of aliphatic hydroxyl groups excluding tert-OH is 4. The van der Waals surface area contributed by atoms with Gasteiger partial charge in [-0.3, -0.25) is 0 Å². The van der Waals surface area contributed by atoms with Crippen molar-refractivity contribution in [2.75, 3.05) is 13.2 Å². The smallest absolute Gasteiger partial charge is 0.338 e. The van der Waals surface area contributed by atoms with Crippen LogP contribution in [0.3, 0.4) is 0 Å². The first-order valence-electron chi connectivity index (χ1n) is 9.38. The molecule has 0 saturated carbocycles. The summed E-state index contributed by atoms with van der Waals surface area (Å²) in [6.07, 6.45) is -0.162. The van der Waals surface area contributed by atoms with E-state index < -0.39 is 36.4 Å². The molecule has 4 atom stereocenters. The van der Waals surface area contributed by atoms with Crippen LogP contribution in [0, 0.1) is 0 Å². The molecule has 0 rings (SSSR count). The SMILES string of the molecule is CCCC(O)CCCOC(=O)C(O)C(O)C(=O)OCCCC(O)CCC. The monoisotopic (exact) mass is 378 g/mol. The lowest BCUT2D eigenvalue weighted by atomic mass is 10.1. The molecule has 4 N–H and O–H groups in total. The van der Waals surface area contributed by atoms with Gasteiger partial charge in [-0.25, -0.2) is 9.59 Å². The van der Waals surface area contributed by atoms with Crippen LogP contribution in [0.5, 0.6) is 0 Å². The van der Waals surface area contributed by atoms with Crippen molar-refractivity contribution in [3.8, 4) is 0 Å². The quantitative estimate of drug-likeness (QED) is 0.241. The minimum Gasteiger partial charge on any atom is -0.464 e. The molecule has 0 aromatic heterocycles. The Kier molecular flexibility index (Phi) is 14.2. The van der Waals surface area contributed by atoms with Crippen LogP contribution in [0.15, 0.2) is 0 Å². The number of carbonyl (C=O) groups excluding carboxylic acids is 2. The van der Waals surface area contributed by atoms with Gasteiger partial charge in [0.25, 0.3) is 0 Å². The molecular weight excluding hydrogens is 344 g/mol. The van der Waals surface area contributed by atoms with Gasteiger partial charge in [0.15, 0.2) is 12.2 Å². The first-order chi connectivity index (χ1) is 12.3. The summed E-state index contributed by atoms with van der Waals surface area (Å²) >= 11 is 0. The van der Waals surface area contributed by atoms with Crippen molar-refractivity contribution in [3.63, 3.8) is 0 Å². The van der Waals surface area contributed by atoms with E-state index in [1.165, 1.54) is 0 Å². The second-order valence-corrected chi connectivity index (χ2v) is 6.39. The van der Waals surface area contributed by atoms with Crippen molar-refractivity contribution in [1.29, 1.82) is 0 Å². The Hall–Kier alpha value is -1.22. The highest BCUT2D eigenvalue weighted by Crippen LogP contribution is 2.07. The van der Waals surface area contributed by atoms with Gasteiger partial charge in [0.05, 0.1) is 25.4 Å². The molecule has 0 heterocycles. The minimum absolute atomic E-state index is 0.0201. The zero-order chi connectivity index (χ0) is 19.9. The minimum atomic E-state index is -2.02. The number of rotatable bonds is 15. The van der Waals surface area contributed by atoms with Crippen LogP contribution < -0.4 is 0 Å². The van der Waals surface area contributed by atoms with E-state index in [2.05, 4.69) is 0 Å². The first-order valence-corrected chi connectivity index (χ1v) is 9.38. The molecule has 0 aliphatic heterocycles. The fourth-order valence-corrected chi connectivity index (χ4v) is 2.37. The molecule has 0 bridgehead atoms. The van der Waals surface area contributed by atoms with E-state index in [0.29, 0.717) is 38.5 Å². The second-order valence-electron chi connectivity index (χ2n) is 6.39. The van der Waals surface area contributed by atoms with Crippen LogP contribution in [-0.4, -0.2) is 70.0 Å². The van der Waals surface area contributed by atoms with E-state index in [4.69, 9.17) is 9.47 Å². The number of aliphatic hydroxyl groups is 4. The Bertz CT molecular complexity index is 351. The van der Waals surface area contributed by atoms with Crippen LogP contribution in [0.25, 0.3) is 0 Å². The van der Waals surface area contributed by atoms with E-state index in [-0.39, 0.29) is 13.2 Å². The molecule has 0 radical (unpaired) electrons. The molecule has 0 aliphatic rings. The zero-order valence-electron chi connectivity index (χ0n) is 15.8. The topological polar surface area (TPSA) is 134 Å². The van der Waals surface area contributed by atoms with Crippen LogP contribution in [-0.2, 0) is 19.1 Å². The Balaban J connectivity index is 3.98. The Labute approximate surface area is 155 Å². The molecule has 0 spiro atoms. The summed E-state index contributed by atoms with van der Waals surface area (Å²) in [7, 11) is 0. The van der Waals surface area contributed by atoms with E-state index in [1.807, 2.05) is 13.8 Å². The molecule has 0 amide bonds. The summed E-state index contributed by atoms with van der Waals surface area (Å²) in [4.78, 5) is 23.2. The lowest BCUT2D eigenvalue weighted by molar-refractivity contribution is -0.173. The summed E-state index contributed by atoms with van der Waals surface area (Å²) < 4.78 is 9.57. The number of carbonyl (C=O) groups is 2. The molecule has 0 fully saturated rings. The third-order valence-electron chi connectivity index (χ3n) is 3.88. The van der Waals surface area contributed by atoms with Crippen LogP contribution >= 0.6 is 0 Å². The van der Waals surface area contributed by atoms with Crippen molar-refractivity contribution in [3.05, 3.63) is 0 Å². The van der Waals surface area contributed by atoms with Crippen molar-refractivity contribution in [2.24, 2.45) is 0 Å². The maximum absolute atomic E-state index is 11.6. The van der Waals surface area contributed by atoms with Gasteiger partial charge >= 0.3 is 11.9 Å². The molecule has 26 heavy (non-hydrogen) atoms. The molecule has 0 aromatic rings. The molecule has 8 heteroatoms.